The highest BCUT2D eigenvalue weighted by Gasteiger charge is 2.14. The summed E-state index contributed by atoms with van der Waals surface area (Å²) in [6, 6.07) is 16.0. The van der Waals surface area contributed by atoms with Gasteiger partial charge in [-0.1, -0.05) is 42.5 Å². The number of hydrazone groups is 1. The average Bonchev–Trinajstić information content (AvgIpc) is 2.56. The van der Waals surface area contributed by atoms with Gasteiger partial charge in [-0.15, -0.1) is 0 Å². The summed E-state index contributed by atoms with van der Waals surface area (Å²) in [5.41, 5.74) is 3.39. The Morgan fingerprint density at radius 2 is 1.68 bits per heavy atom. The molecule has 2 aromatic carbocycles. The zero-order valence-corrected chi connectivity index (χ0v) is 11.9. The summed E-state index contributed by atoms with van der Waals surface area (Å²) in [4.78, 5) is 23.4. The van der Waals surface area contributed by atoms with E-state index in [0.717, 1.165) is 5.56 Å². The molecule has 2 N–H and O–H groups in total. The van der Waals surface area contributed by atoms with Crippen LogP contribution in [0.3, 0.4) is 0 Å². The number of nitrogens with zero attached hydrogens (tertiary/aromatic N) is 1. The lowest BCUT2D eigenvalue weighted by Gasteiger charge is -2.08. The zero-order valence-electron chi connectivity index (χ0n) is 11.9. The number of anilines is 1. The molecule has 2 amide bonds. The van der Waals surface area contributed by atoms with E-state index in [0.29, 0.717) is 11.4 Å². The molecule has 2 aromatic rings. The Hall–Kier alpha value is -3.15. The highest BCUT2D eigenvalue weighted by atomic mass is 16.5. The topological polar surface area (TPSA) is 79.8 Å². The normalized spacial score (nSPS) is 10.2. The van der Waals surface area contributed by atoms with Crippen molar-refractivity contribution in [3.05, 3.63) is 60.2 Å². The number of hydrogen-bond acceptors (Lipinski definition) is 4. The molecule has 0 fully saturated rings. The van der Waals surface area contributed by atoms with E-state index in [1.165, 1.54) is 13.3 Å². The molecular formula is C16H15N3O3. The van der Waals surface area contributed by atoms with Crippen LogP contribution in [0.25, 0.3) is 0 Å². The quantitative estimate of drug-likeness (QED) is 0.513. The van der Waals surface area contributed by atoms with Gasteiger partial charge in [-0.25, -0.2) is 5.43 Å². The molecule has 0 bridgehead atoms. The van der Waals surface area contributed by atoms with Gasteiger partial charge in [0.1, 0.15) is 5.75 Å². The van der Waals surface area contributed by atoms with Gasteiger partial charge in [-0.2, -0.15) is 5.10 Å². The fourth-order valence-electron chi connectivity index (χ4n) is 1.68. The monoisotopic (exact) mass is 297 g/mol. The first-order valence-electron chi connectivity index (χ1n) is 6.53. The average molecular weight is 297 g/mol. The minimum atomic E-state index is -0.863. The molecular weight excluding hydrogens is 282 g/mol. The van der Waals surface area contributed by atoms with Crippen LogP contribution in [-0.4, -0.2) is 25.1 Å². The van der Waals surface area contributed by atoms with E-state index in [9.17, 15) is 9.59 Å². The van der Waals surface area contributed by atoms with Crippen LogP contribution in [0, 0.1) is 0 Å². The molecule has 0 saturated carbocycles. The summed E-state index contributed by atoms with van der Waals surface area (Å²) in [7, 11) is 1.48. The summed E-state index contributed by atoms with van der Waals surface area (Å²) in [6.45, 7) is 0. The summed E-state index contributed by atoms with van der Waals surface area (Å²) >= 11 is 0. The Balaban J connectivity index is 1.92. The molecule has 0 saturated heterocycles. The number of benzene rings is 2. The highest BCUT2D eigenvalue weighted by Crippen LogP contribution is 2.22. The Labute approximate surface area is 127 Å². The summed E-state index contributed by atoms with van der Waals surface area (Å²) in [5.74, 6) is -1.22. The Morgan fingerprint density at radius 1 is 1.00 bits per heavy atom. The number of ether oxygens (including phenoxy) is 1. The summed E-state index contributed by atoms with van der Waals surface area (Å²) in [5, 5.41) is 6.19. The standard InChI is InChI=1S/C16H15N3O3/c1-22-14-10-6-5-9-13(14)18-15(20)16(21)19-17-11-12-7-3-2-4-8-12/h2-11H,1H3,(H,18,20)(H,19,21)/b17-11+. The smallest absolute Gasteiger partial charge is 0.329 e. The fraction of sp³-hybridized carbons (Fsp3) is 0.0625. The second kappa shape index (κ2) is 7.58. The van der Waals surface area contributed by atoms with Crippen molar-refractivity contribution in [1.82, 2.24) is 5.43 Å². The number of rotatable bonds is 4. The number of para-hydroxylation sites is 2. The van der Waals surface area contributed by atoms with Gasteiger partial charge >= 0.3 is 11.8 Å². The minimum absolute atomic E-state index is 0.414. The van der Waals surface area contributed by atoms with Gasteiger partial charge in [0.2, 0.25) is 0 Å². The molecule has 0 heterocycles. The highest BCUT2D eigenvalue weighted by molar-refractivity contribution is 6.39. The lowest BCUT2D eigenvalue weighted by Crippen LogP contribution is -2.32. The Morgan fingerprint density at radius 3 is 2.41 bits per heavy atom. The number of carbonyl (C=O) groups excluding carboxylic acids is 2. The summed E-state index contributed by atoms with van der Waals surface area (Å²) < 4.78 is 5.09. The molecule has 0 aliphatic rings. The molecule has 22 heavy (non-hydrogen) atoms. The van der Waals surface area contributed by atoms with Crippen molar-refractivity contribution in [2.75, 3.05) is 12.4 Å². The van der Waals surface area contributed by atoms with Gasteiger partial charge in [-0.05, 0) is 17.7 Å². The maximum absolute atomic E-state index is 11.8. The van der Waals surface area contributed by atoms with Crippen LogP contribution in [-0.2, 0) is 9.59 Å². The molecule has 0 aliphatic heterocycles. The van der Waals surface area contributed by atoms with Crippen molar-refractivity contribution in [2.24, 2.45) is 5.10 Å². The predicted octanol–water partition coefficient (Wildman–Crippen LogP) is 1.78. The largest absolute Gasteiger partial charge is 0.495 e. The van der Waals surface area contributed by atoms with E-state index in [4.69, 9.17) is 4.74 Å². The lowest BCUT2D eigenvalue weighted by atomic mass is 10.2. The van der Waals surface area contributed by atoms with Crippen LogP contribution < -0.4 is 15.5 Å². The molecule has 0 radical (unpaired) electrons. The first kappa shape index (κ1) is 15.2. The van der Waals surface area contributed by atoms with Crippen LogP contribution in [0.1, 0.15) is 5.56 Å². The van der Waals surface area contributed by atoms with Crippen LogP contribution >= 0.6 is 0 Å². The SMILES string of the molecule is COc1ccccc1NC(=O)C(=O)N/N=C/c1ccccc1. The Bertz CT molecular complexity index is 684. The first-order chi connectivity index (χ1) is 10.7. The molecule has 112 valence electrons. The van der Waals surface area contributed by atoms with Crippen LogP contribution in [0.2, 0.25) is 0 Å². The van der Waals surface area contributed by atoms with Gasteiger partial charge in [0.05, 0.1) is 19.0 Å². The van der Waals surface area contributed by atoms with Crippen LogP contribution in [0.4, 0.5) is 5.69 Å². The van der Waals surface area contributed by atoms with Crippen molar-refractivity contribution < 1.29 is 14.3 Å². The second-order valence-corrected chi connectivity index (χ2v) is 4.26. The third-order valence-corrected chi connectivity index (χ3v) is 2.74. The van der Waals surface area contributed by atoms with Crippen molar-refractivity contribution >= 4 is 23.7 Å². The van der Waals surface area contributed by atoms with Crippen molar-refractivity contribution in [1.29, 1.82) is 0 Å². The number of hydrogen-bond donors (Lipinski definition) is 2. The number of amides is 2. The van der Waals surface area contributed by atoms with E-state index in [1.807, 2.05) is 30.3 Å². The van der Waals surface area contributed by atoms with Crippen molar-refractivity contribution in [2.45, 2.75) is 0 Å². The van der Waals surface area contributed by atoms with E-state index in [-0.39, 0.29) is 0 Å². The van der Waals surface area contributed by atoms with Gasteiger partial charge in [0, 0.05) is 0 Å². The van der Waals surface area contributed by atoms with Gasteiger partial charge in [0.15, 0.2) is 0 Å². The van der Waals surface area contributed by atoms with E-state index < -0.39 is 11.8 Å². The molecule has 2 rings (SSSR count). The Kier molecular flexibility index (Phi) is 5.25. The number of methoxy groups -OCH3 is 1. The van der Waals surface area contributed by atoms with Crippen molar-refractivity contribution in [3.8, 4) is 5.75 Å². The molecule has 6 heteroatoms. The van der Waals surface area contributed by atoms with Crippen molar-refractivity contribution in [3.63, 3.8) is 0 Å². The van der Waals surface area contributed by atoms with E-state index in [1.54, 1.807) is 24.3 Å². The van der Waals surface area contributed by atoms with Crippen LogP contribution in [0.15, 0.2) is 59.7 Å². The summed E-state index contributed by atoms with van der Waals surface area (Å²) in [6.07, 6.45) is 1.45. The number of carbonyl (C=O) groups is 2. The maximum atomic E-state index is 11.8. The fourth-order valence-corrected chi connectivity index (χ4v) is 1.68. The third-order valence-electron chi connectivity index (χ3n) is 2.74. The van der Waals surface area contributed by atoms with Gasteiger partial charge in [0.25, 0.3) is 0 Å². The van der Waals surface area contributed by atoms with Gasteiger partial charge in [-0.3, -0.25) is 9.59 Å². The first-order valence-corrected chi connectivity index (χ1v) is 6.53. The lowest BCUT2D eigenvalue weighted by molar-refractivity contribution is -0.136. The molecule has 0 spiro atoms. The molecule has 0 atom stereocenters. The molecule has 6 nitrogen and oxygen atoms in total. The maximum Gasteiger partial charge on any atom is 0.329 e. The van der Waals surface area contributed by atoms with E-state index >= 15 is 0 Å². The van der Waals surface area contributed by atoms with E-state index in [2.05, 4.69) is 15.8 Å². The van der Waals surface area contributed by atoms with Crippen LogP contribution in [0.5, 0.6) is 5.75 Å². The van der Waals surface area contributed by atoms with Gasteiger partial charge < -0.3 is 10.1 Å². The molecule has 0 aliphatic carbocycles. The third kappa shape index (κ3) is 4.17. The molecule has 0 aromatic heterocycles. The zero-order chi connectivity index (χ0) is 15.8. The minimum Gasteiger partial charge on any atom is -0.495 e. The second-order valence-electron chi connectivity index (χ2n) is 4.26. The number of nitrogens with one attached hydrogen (secondary N) is 2. The predicted molar refractivity (Wildman–Crippen MR) is 83.8 cm³/mol. The molecule has 0 unspecified atom stereocenters.